The summed E-state index contributed by atoms with van der Waals surface area (Å²) in [4.78, 5) is 43.3. The number of rotatable bonds is 5. The quantitative estimate of drug-likeness (QED) is 0.786. The van der Waals surface area contributed by atoms with E-state index in [1.165, 1.54) is 6.20 Å². The molecule has 0 saturated heterocycles. The van der Waals surface area contributed by atoms with Crippen LogP contribution in [0.25, 0.3) is 0 Å². The fourth-order valence-electron chi connectivity index (χ4n) is 2.66. The highest BCUT2D eigenvalue weighted by molar-refractivity contribution is 6.20. The molecule has 1 aliphatic heterocycles. The van der Waals surface area contributed by atoms with E-state index in [4.69, 9.17) is 0 Å². The molecule has 6 heteroatoms. The third-order valence-electron chi connectivity index (χ3n) is 3.97. The molecule has 0 atom stereocenters. The Morgan fingerprint density at radius 3 is 2.54 bits per heavy atom. The molecule has 0 fully saturated rings. The van der Waals surface area contributed by atoms with Gasteiger partial charge in [-0.25, -0.2) is 0 Å². The van der Waals surface area contributed by atoms with Gasteiger partial charge in [-0.15, -0.1) is 0 Å². The predicted octanol–water partition coefficient (Wildman–Crippen LogP) is 1.73. The van der Waals surface area contributed by atoms with E-state index < -0.39 is 5.91 Å². The van der Waals surface area contributed by atoms with Crippen LogP contribution in [-0.2, 0) is 11.3 Å². The number of fused-ring (bicyclic) bond motifs is 1. The van der Waals surface area contributed by atoms with Gasteiger partial charge in [0.15, 0.2) is 0 Å². The Hall–Kier alpha value is -3.02. The minimum Gasteiger partial charge on any atom is -0.341 e. The zero-order chi connectivity index (χ0) is 17.1. The Balaban J connectivity index is 1.59. The molecule has 3 rings (SSSR count). The van der Waals surface area contributed by atoms with Gasteiger partial charge < -0.3 is 4.90 Å². The number of benzene rings is 1. The van der Waals surface area contributed by atoms with Gasteiger partial charge in [-0.1, -0.05) is 30.3 Å². The highest BCUT2D eigenvalue weighted by Crippen LogP contribution is 2.20. The second kappa shape index (κ2) is 6.62. The Morgan fingerprint density at radius 1 is 1.08 bits per heavy atom. The summed E-state index contributed by atoms with van der Waals surface area (Å²) in [5.41, 5.74) is 1.48. The van der Waals surface area contributed by atoms with Crippen molar-refractivity contribution < 1.29 is 14.4 Å². The van der Waals surface area contributed by atoms with Gasteiger partial charge in [0, 0.05) is 32.8 Å². The summed E-state index contributed by atoms with van der Waals surface area (Å²) in [6.45, 7) is 0.551. The molecule has 122 valence electrons. The van der Waals surface area contributed by atoms with Gasteiger partial charge in [-0.05, 0) is 17.7 Å². The third-order valence-corrected chi connectivity index (χ3v) is 3.97. The molecular weight excluding hydrogens is 306 g/mol. The van der Waals surface area contributed by atoms with Crippen molar-refractivity contribution in [3.63, 3.8) is 0 Å². The van der Waals surface area contributed by atoms with Crippen LogP contribution in [0.1, 0.15) is 32.8 Å². The summed E-state index contributed by atoms with van der Waals surface area (Å²) in [6, 6.07) is 12.8. The molecule has 0 aliphatic carbocycles. The normalized spacial score (nSPS) is 13.1. The molecule has 6 nitrogen and oxygen atoms in total. The zero-order valence-electron chi connectivity index (χ0n) is 13.3. The van der Waals surface area contributed by atoms with Gasteiger partial charge in [-0.2, -0.15) is 0 Å². The molecule has 3 amide bonds. The van der Waals surface area contributed by atoms with Gasteiger partial charge >= 0.3 is 0 Å². The van der Waals surface area contributed by atoms with Crippen LogP contribution in [0.5, 0.6) is 0 Å². The van der Waals surface area contributed by atoms with Crippen LogP contribution in [0.15, 0.2) is 48.7 Å². The molecule has 24 heavy (non-hydrogen) atoms. The smallest absolute Gasteiger partial charge is 0.280 e. The average Bonchev–Trinajstić information content (AvgIpc) is 2.85. The van der Waals surface area contributed by atoms with Crippen LogP contribution < -0.4 is 0 Å². The Morgan fingerprint density at radius 2 is 1.83 bits per heavy atom. The second-order valence-corrected chi connectivity index (χ2v) is 5.65. The highest BCUT2D eigenvalue weighted by Gasteiger charge is 2.36. The van der Waals surface area contributed by atoms with Crippen molar-refractivity contribution in [2.24, 2.45) is 0 Å². The van der Waals surface area contributed by atoms with E-state index in [-0.39, 0.29) is 30.5 Å². The Bertz CT molecular complexity index is 754. The standard InChI is InChI=1S/C18H17N3O3/c1-20(12-13-6-3-2-4-7-13)15(22)9-11-21-17(23)14-8-5-10-19-16(14)18(21)24/h2-8,10H,9,11-12H2,1H3. The molecule has 2 aromatic rings. The molecule has 1 aromatic heterocycles. The molecule has 1 aliphatic rings. The summed E-state index contributed by atoms with van der Waals surface area (Å²) in [5, 5.41) is 0. The number of aromatic nitrogens is 1. The molecule has 0 bridgehead atoms. The maximum atomic E-state index is 12.3. The number of pyridine rings is 1. The fraction of sp³-hybridized carbons (Fsp3) is 0.222. The largest absolute Gasteiger partial charge is 0.341 e. The summed E-state index contributed by atoms with van der Waals surface area (Å²) in [7, 11) is 1.71. The van der Waals surface area contributed by atoms with E-state index >= 15 is 0 Å². The van der Waals surface area contributed by atoms with Crippen molar-refractivity contribution >= 4 is 17.7 Å². The van der Waals surface area contributed by atoms with Crippen molar-refractivity contribution in [3.8, 4) is 0 Å². The highest BCUT2D eigenvalue weighted by atomic mass is 16.2. The van der Waals surface area contributed by atoms with Crippen LogP contribution in [0.3, 0.4) is 0 Å². The zero-order valence-corrected chi connectivity index (χ0v) is 13.3. The van der Waals surface area contributed by atoms with Crippen molar-refractivity contribution in [1.29, 1.82) is 0 Å². The van der Waals surface area contributed by atoms with E-state index in [2.05, 4.69) is 4.98 Å². The van der Waals surface area contributed by atoms with Crippen molar-refractivity contribution in [3.05, 3.63) is 65.5 Å². The molecule has 0 saturated carbocycles. The van der Waals surface area contributed by atoms with Gasteiger partial charge in [0.1, 0.15) is 5.69 Å². The second-order valence-electron chi connectivity index (χ2n) is 5.65. The van der Waals surface area contributed by atoms with Crippen LogP contribution in [0, 0.1) is 0 Å². The van der Waals surface area contributed by atoms with Gasteiger partial charge in [0.05, 0.1) is 5.56 Å². The maximum absolute atomic E-state index is 12.3. The van der Waals surface area contributed by atoms with E-state index in [0.717, 1.165) is 10.5 Å². The van der Waals surface area contributed by atoms with Gasteiger partial charge in [0.2, 0.25) is 5.91 Å². The average molecular weight is 323 g/mol. The number of hydrogen-bond acceptors (Lipinski definition) is 4. The van der Waals surface area contributed by atoms with E-state index in [1.54, 1.807) is 24.1 Å². The summed E-state index contributed by atoms with van der Waals surface area (Å²) < 4.78 is 0. The van der Waals surface area contributed by atoms with Gasteiger partial charge in [0.25, 0.3) is 11.8 Å². The minimum atomic E-state index is -0.436. The van der Waals surface area contributed by atoms with Crippen LogP contribution in [0.2, 0.25) is 0 Å². The Kier molecular flexibility index (Phi) is 4.37. The van der Waals surface area contributed by atoms with E-state index in [1.807, 2.05) is 30.3 Å². The third kappa shape index (κ3) is 3.03. The van der Waals surface area contributed by atoms with Crippen LogP contribution in [-0.4, -0.2) is 46.1 Å². The molecule has 2 heterocycles. The van der Waals surface area contributed by atoms with Crippen LogP contribution in [0.4, 0.5) is 0 Å². The predicted molar refractivity (Wildman–Crippen MR) is 87.1 cm³/mol. The van der Waals surface area contributed by atoms with Crippen molar-refractivity contribution in [2.75, 3.05) is 13.6 Å². The number of imide groups is 1. The molecule has 0 radical (unpaired) electrons. The lowest BCUT2D eigenvalue weighted by atomic mass is 10.2. The van der Waals surface area contributed by atoms with Crippen molar-refractivity contribution in [1.82, 2.24) is 14.8 Å². The van der Waals surface area contributed by atoms with Crippen LogP contribution >= 0.6 is 0 Å². The van der Waals surface area contributed by atoms with Gasteiger partial charge in [-0.3, -0.25) is 24.3 Å². The lowest BCUT2D eigenvalue weighted by Gasteiger charge is -2.19. The first-order valence-electron chi connectivity index (χ1n) is 7.67. The number of amides is 3. The lowest BCUT2D eigenvalue weighted by Crippen LogP contribution is -2.35. The number of hydrogen-bond donors (Lipinski definition) is 0. The fourth-order valence-corrected chi connectivity index (χ4v) is 2.66. The van der Waals surface area contributed by atoms with E-state index in [0.29, 0.717) is 12.1 Å². The number of carbonyl (C=O) groups excluding carboxylic acids is 3. The lowest BCUT2D eigenvalue weighted by molar-refractivity contribution is -0.130. The molecule has 0 unspecified atom stereocenters. The SMILES string of the molecule is CN(Cc1ccccc1)C(=O)CCN1C(=O)c2cccnc2C1=O. The number of nitrogens with zero attached hydrogens (tertiary/aromatic N) is 3. The monoisotopic (exact) mass is 323 g/mol. The first kappa shape index (κ1) is 15.9. The topological polar surface area (TPSA) is 70.6 Å². The Labute approximate surface area is 139 Å². The summed E-state index contributed by atoms with van der Waals surface area (Å²) in [5.74, 6) is -0.945. The van der Waals surface area contributed by atoms with Crippen molar-refractivity contribution in [2.45, 2.75) is 13.0 Å². The summed E-state index contributed by atoms with van der Waals surface area (Å²) >= 11 is 0. The number of carbonyl (C=O) groups is 3. The first-order chi connectivity index (χ1) is 11.6. The maximum Gasteiger partial charge on any atom is 0.280 e. The molecular formula is C18H17N3O3. The minimum absolute atomic E-state index is 0.0615. The van der Waals surface area contributed by atoms with E-state index in [9.17, 15) is 14.4 Å². The summed E-state index contributed by atoms with van der Waals surface area (Å²) in [6.07, 6.45) is 1.57. The molecule has 1 aromatic carbocycles. The molecule has 0 N–H and O–H groups in total. The molecule has 0 spiro atoms. The first-order valence-corrected chi connectivity index (χ1v) is 7.67.